The Hall–Kier alpha value is -3.36. The van der Waals surface area contributed by atoms with Crippen LogP contribution in [-0.2, 0) is 4.74 Å². The van der Waals surface area contributed by atoms with Crippen molar-refractivity contribution in [2.75, 3.05) is 12.9 Å². The van der Waals surface area contributed by atoms with Gasteiger partial charge in [0.25, 0.3) is 5.91 Å². The Balaban J connectivity index is 1.20. The molecule has 2 aliphatic rings. The van der Waals surface area contributed by atoms with Crippen molar-refractivity contribution in [2.45, 2.75) is 48.6 Å². The van der Waals surface area contributed by atoms with Gasteiger partial charge < -0.3 is 24.6 Å². The number of carbonyl (C=O) groups is 2. The first-order valence-electron chi connectivity index (χ1n) is 12.5. The maximum atomic E-state index is 12.9. The van der Waals surface area contributed by atoms with Gasteiger partial charge in [-0.1, -0.05) is 23.7 Å². The van der Waals surface area contributed by atoms with Gasteiger partial charge in [-0.2, -0.15) is 0 Å². The number of ether oxygens (including phenoxy) is 3. The summed E-state index contributed by atoms with van der Waals surface area (Å²) >= 11 is 8.16. The molecule has 0 spiro atoms. The van der Waals surface area contributed by atoms with Gasteiger partial charge in [-0.25, -0.2) is 4.79 Å². The average molecular weight is 554 g/mol. The minimum Gasteiger partial charge on any atom is -0.493 e. The zero-order valence-electron chi connectivity index (χ0n) is 20.8. The molecule has 2 N–H and O–H groups in total. The molecule has 1 fully saturated rings. The molecule has 1 heterocycles. The van der Waals surface area contributed by atoms with Gasteiger partial charge >= 0.3 is 6.16 Å². The second kappa shape index (κ2) is 11.6. The number of hydrogen-bond donors (Lipinski definition) is 2. The van der Waals surface area contributed by atoms with E-state index in [0.717, 1.165) is 19.3 Å². The van der Waals surface area contributed by atoms with Crippen LogP contribution in [0.2, 0.25) is 5.02 Å². The third-order valence-electron chi connectivity index (χ3n) is 6.97. The minimum absolute atomic E-state index is 0.107. The van der Waals surface area contributed by atoms with E-state index in [2.05, 4.69) is 35.8 Å². The summed E-state index contributed by atoms with van der Waals surface area (Å²) in [5.41, 5.74) is 2.46. The van der Waals surface area contributed by atoms with E-state index in [0.29, 0.717) is 52.3 Å². The Morgan fingerprint density at radius 3 is 2.66 bits per heavy atom. The van der Waals surface area contributed by atoms with Gasteiger partial charge in [0.2, 0.25) is 0 Å². The largest absolute Gasteiger partial charge is 0.506 e. The van der Waals surface area contributed by atoms with E-state index in [4.69, 9.17) is 30.9 Å². The lowest BCUT2D eigenvalue weighted by molar-refractivity contribution is 0.0326. The van der Waals surface area contributed by atoms with Crippen LogP contribution in [-0.4, -0.2) is 36.1 Å². The number of carbonyl (C=O) groups excluding carboxylic acids is 1. The SMILES string of the molecule is CSc1cccc(C2CCC(NC(=O)c3ccc(Oc4cc5c(cc4Cl)C(OC(=O)O)CCO5)cc3)C2)c1. The van der Waals surface area contributed by atoms with Crippen LogP contribution >= 0.6 is 23.4 Å². The van der Waals surface area contributed by atoms with Crippen LogP contribution < -0.4 is 14.8 Å². The highest BCUT2D eigenvalue weighted by Gasteiger charge is 2.28. The van der Waals surface area contributed by atoms with E-state index in [1.165, 1.54) is 10.5 Å². The molecule has 1 aliphatic heterocycles. The molecular formula is C29H28ClNO6S. The number of thioether (sulfide) groups is 1. The van der Waals surface area contributed by atoms with Crippen LogP contribution in [0.1, 0.15) is 59.2 Å². The molecule has 1 saturated carbocycles. The van der Waals surface area contributed by atoms with Crippen LogP contribution in [0, 0.1) is 0 Å². The Kier molecular flexibility index (Phi) is 8.00. The van der Waals surface area contributed by atoms with E-state index in [-0.39, 0.29) is 11.9 Å². The quantitative estimate of drug-likeness (QED) is 0.232. The van der Waals surface area contributed by atoms with Gasteiger partial charge in [0.1, 0.15) is 23.4 Å². The highest BCUT2D eigenvalue weighted by atomic mass is 35.5. The number of benzene rings is 3. The van der Waals surface area contributed by atoms with Gasteiger partial charge in [-0.15, -0.1) is 11.8 Å². The predicted octanol–water partition coefficient (Wildman–Crippen LogP) is 7.44. The summed E-state index contributed by atoms with van der Waals surface area (Å²) in [5, 5.41) is 12.5. The number of hydrogen-bond acceptors (Lipinski definition) is 6. The van der Waals surface area contributed by atoms with Crippen molar-refractivity contribution < 1.29 is 28.9 Å². The molecule has 1 amide bonds. The van der Waals surface area contributed by atoms with Crippen molar-refractivity contribution in [1.82, 2.24) is 5.32 Å². The van der Waals surface area contributed by atoms with Crippen molar-refractivity contribution in [3.8, 4) is 17.2 Å². The average Bonchev–Trinajstić information content (AvgIpc) is 3.38. The Labute approximate surface area is 230 Å². The fourth-order valence-electron chi connectivity index (χ4n) is 5.06. The topological polar surface area (TPSA) is 94.1 Å². The molecule has 5 rings (SSSR count). The minimum atomic E-state index is -1.35. The predicted molar refractivity (Wildman–Crippen MR) is 146 cm³/mol. The maximum absolute atomic E-state index is 12.9. The Bertz CT molecular complexity index is 1330. The van der Waals surface area contributed by atoms with Crippen molar-refractivity contribution in [3.63, 3.8) is 0 Å². The summed E-state index contributed by atoms with van der Waals surface area (Å²) < 4.78 is 16.6. The maximum Gasteiger partial charge on any atom is 0.506 e. The zero-order chi connectivity index (χ0) is 26.6. The molecule has 9 heteroatoms. The van der Waals surface area contributed by atoms with Crippen LogP contribution in [0.15, 0.2) is 65.6 Å². The molecule has 7 nitrogen and oxygen atoms in total. The Morgan fingerprint density at radius 2 is 1.89 bits per heavy atom. The van der Waals surface area contributed by atoms with Gasteiger partial charge in [-0.05, 0) is 79.5 Å². The van der Waals surface area contributed by atoms with Gasteiger partial charge in [0.05, 0.1) is 11.6 Å². The van der Waals surface area contributed by atoms with Gasteiger partial charge in [0, 0.05) is 34.6 Å². The number of carboxylic acid groups (broad SMARTS) is 1. The zero-order valence-corrected chi connectivity index (χ0v) is 22.4. The number of nitrogens with one attached hydrogen (secondary N) is 1. The summed E-state index contributed by atoms with van der Waals surface area (Å²) in [6, 6.07) is 18.9. The normalized spacial score (nSPS) is 20.2. The lowest BCUT2D eigenvalue weighted by Gasteiger charge is -2.25. The van der Waals surface area contributed by atoms with Crippen LogP contribution in [0.5, 0.6) is 17.2 Å². The van der Waals surface area contributed by atoms with Crippen molar-refractivity contribution >= 4 is 35.4 Å². The van der Waals surface area contributed by atoms with Crippen molar-refractivity contribution in [1.29, 1.82) is 0 Å². The van der Waals surface area contributed by atoms with Gasteiger partial charge in [0.15, 0.2) is 0 Å². The Morgan fingerprint density at radius 1 is 1.08 bits per heavy atom. The van der Waals surface area contributed by atoms with Gasteiger partial charge in [-0.3, -0.25) is 4.79 Å². The second-order valence-corrected chi connectivity index (χ2v) is 10.7. The summed E-state index contributed by atoms with van der Waals surface area (Å²) in [6.07, 6.45) is 3.45. The van der Waals surface area contributed by atoms with E-state index < -0.39 is 12.3 Å². The monoisotopic (exact) mass is 553 g/mol. The molecule has 1 aliphatic carbocycles. The molecule has 0 bridgehead atoms. The van der Waals surface area contributed by atoms with E-state index in [1.54, 1.807) is 48.2 Å². The van der Waals surface area contributed by atoms with Crippen LogP contribution in [0.3, 0.4) is 0 Å². The van der Waals surface area contributed by atoms with Crippen LogP contribution in [0.25, 0.3) is 0 Å². The fraction of sp³-hybridized carbons (Fsp3) is 0.310. The summed E-state index contributed by atoms with van der Waals surface area (Å²) in [5.74, 6) is 1.69. The summed E-state index contributed by atoms with van der Waals surface area (Å²) in [4.78, 5) is 25.1. The molecule has 3 aromatic carbocycles. The first-order chi connectivity index (χ1) is 18.4. The lowest BCUT2D eigenvalue weighted by atomic mass is 9.97. The highest BCUT2D eigenvalue weighted by molar-refractivity contribution is 7.98. The third-order valence-corrected chi connectivity index (χ3v) is 7.99. The standard InChI is InChI=1S/C29H28ClNO6S/c1-38-22-4-2-3-18(14-22)19-5-8-20(13-19)31-28(32)17-6-9-21(10-7-17)36-27-16-26-23(15-24(27)30)25(11-12-35-26)37-29(33)34/h2-4,6-7,9-10,14-16,19-20,25H,5,8,11-13H2,1H3,(H,31,32)(H,33,34). The van der Waals surface area contributed by atoms with Crippen molar-refractivity contribution in [2.24, 2.45) is 0 Å². The first kappa shape index (κ1) is 26.3. The van der Waals surface area contributed by atoms with E-state index in [9.17, 15) is 9.59 Å². The second-order valence-electron chi connectivity index (χ2n) is 9.41. The number of halogens is 1. The molecule has 0 radical (unpaired) electrons. The molecule has 198 valence electrons. The summed E-state index contributed by atoms with van der Waals surface area (Å²) in [6.45, 7) is 0.321. The molecule has 0 saturated heterocycles. The van der Waals surface area contributed by atoms with Crippen LogP contribution in [0.4, 0.5) is 4.79 Å². The fourth-order valence-corrected chi connectivity index (χ4v) is 5.74. The number of fused-ring (bicyclic) bond motifs is 1. The first-order valence-corrected chi connectivity index (χ1v) is 14.1. The third kappa shape index (κ3) is 6.03. The molecule has 3 unspecified atom stereocenters. The molecule has 0 aromatic heterocycles. The number of rotatable bonds is 7. The van der Waals surface area contributed by atoms with E-state index >= 15 is 0 Å². The highest BCUT2D eigenvalue weighted by Crippen LogP contribution is 2.42. The van der Waals surface area contributed by atoms with E-state index in [1.807, 2.05) is 0 Å². The molecule has 3 aromatic rings. The summed E-state index contributed by atoms with van der Waals surface area (Å²) in [7, 11) is 0. The molecule has 3 atom stereocenters. The number of amides is 1. The smallest absolute Gasteiger partial charge is 0.493 e. The lowest BCUT2D eigenvalue weighted by Crippen LogP contribution is -2.32. The van der Waals surface area contributed by atoms with Crippen molar-refractivity contribution in [3.05, 3.63) is 82.4 Å². The molecular weight excluding hydrogens is 526 g/mol. The molecule has 38 heavy (non-hydrogen) atoms.